The van der Waals surface area contributed by atoms with Gasteiger partial charge in [0, 0.05) is 0 Å². The van der Waals surface area contributed by atoms with E-state index in [1.807, 2.05) is 0 Å². The molecular weight excluding hydrogens is 270 g/mol. The predicted octanol–water partition coefficient (Wildman–Crippen LogP) is 3.27. The van der Waals surface area contributed by atoms with Crippen LogP contribution < -0.4 is 10.6 Å². The first-order valence-corrected chi connectivity index (χ1v) is 8.14. The molecular formula is C12H18O4P2+2. The van der Waals surface area contributed by atoms with Crippen LogP contribution in [0.3, 0.4) is 0 Å². The number of hydrogen-bond donors (Lipinski definition) is 0. The molecule has 0 fully saturated rings. The second kappa shape index (κ2) is 7.06. The zero-order chi connectivity index (χ0) is 13.7. The normalized spacial score (nSPS) is 13.0. The first-order chi connectivity index (χ1) is 8.41. The highest BCUT2D eigenvalue weighted by Crippen LogP contribution is 2.29. The summed E-state index contributed by atoms with van der Waals surface area (Å²) in [5, 5.41) is 0.894. The second-order valence-corrected chi connectivity index (χ2v) is 6.72. The fourth-order valence-electron chi connectivity index (χ4n) is 1.27. The lowest BCUT2D eigenvalue weighted by Crippen LogP contribution is -2.20. The molecule has 0 N–H and O–H groups in total. The third kappa shape index (κ3) is 4.55. The van der Waals surface area contributed by atoms with Crippen molar-refractivity contribution in [3.05, 3.63) is 24.3 Å². The monoisotopic (exact) mass is 288 g/mol. The van der Waals surface area contributed by atoms with Crippen LogP contribution in [-0.4, -0.2) is 12.2 Å². The Bertz CT molecular complexity index is 402. The van der Waals surface area contributed by atoms with E-state index in [4.69, 9.17) is 9.05 Å². The summed E-state index contributed by atoms with van der Waals surface area (Å²) in [7, 11) is -4.01. The summed E-state index contributed by atoms with van der Waals surface area (Å²) < 4.78 is 34.5. The molecule has 2 unspecified atom stereocenters. The highest BCUT2D eigenvalue weighted by atomic mass is 31.1. The first-order valence-electron chi connectivity index (χ1n) is 5.79. The molecule has 0 aromatic heterocycles. The molecule has 1 aromatic rings. The van der Waals surface area contributed by atoms with E-state index < -0.39 is 16.1 Å². The highest BCUT2D eigenvalue weighted by Gasteiger charge is 2.38. The van der Waals surface area contributed by atoms with E-state index in [2.05, 4.69) is 0 Å². The Balaban J connectivity index is 2.99. The van der Waals surface area contributed by atoms with Gasteiger partial charge in [0.2, 0.25) is 0 Å². The fraction of sp³-hybridized carbons (Fsp3) is 0.500. The summed E-state index contributed by atoms with van der Waals surface area (Å²) in [6.07, 6.45) is -0.295. The van der Waals surface area contributed by atoms with Gasteiger partial charge in [0.15, 0.2) is 0 Å². The van der Waals surface area contributed by atoms with Crippen molar-refractivity contribution in [3.63, 3.8) is 0 Å². The molecule has 0 radical (unpaired) electrons. The van der Waals surface area contributed by atoms with Crippen molar-refractivity contribution in [2.24, 2.45) is 0 Å². The van der Waals surface area contributed by atoms with Gasteiger partial charge in [-0.2, -0.15) is 0 Å². The molecule has 0 aliphatic carbocycles. The minimum atomic E-state index is -2.01. The molecule has 0 aliphatic rings. The minimum Gasteiger partial charge on any atom is -0.139 e. The lowest BCUT2D eigenvalue weighted by atomic mass is 10.4. The van der Waals surface area contributed by atoms with Crippen molar-refractivity contribution in [1.29, 1.82) is 0 Å². The Kier molecular flexibility index (Phi) is 6.04. The van der Waals surface area contributed by atoms with Crippen LogP contribution in [0.25, 0.3) is 0 Å². The number of hydrogen-bond acceptors (Lipinski definition) is 4. The molecule has 18 heavy (non-hydrogen) atoms. The maximum absolute atomic E-state index is 12.0. The van der Waals surface area contributed by atoms with Gasteiger partial charge in [0.1, 0.15) is 12.2 Å². The zero-order valence-electron chi connectivity index (χ0n) is 11.0. The predicted molar refractivity (Wildman–Crippen MR) is 73.4 cm³/mol. The van der Waals surface area contributed by atoms with Crippen molar-refractivity contribution in [3.8, 4) is 0 Å². The summed E-state index contributed by atoms with van der Waals surface area (Å²) in [6.45, 7) is 7.22. The molecule has 0 amide bonds. The maximum atomic E-state index is 12.0. The average Bonchev–Trinajstić information content (AvgIpc) is 2.27. The average molecular weight is 288 g/mol. The van der Waals surface area contributed by atoms with E-state index in [9.17, 15) is 9.13 Å². The van der Waals surface area contributed by atoms with Gasteiger partial charge in [-0.15, -0.1) is 9.05 Å². The SMILES string of the molecule is CC(C)O[P+](=O)c1ccccc1[P+](=O)OC(C)C. The van der Waals surface area contributed by atoms with Crippen molar-refractivity contribution in [2.75, 3.05) is 0 Å². The summed E-state index contributed by atoms with van der Waals surface area (Å²) in [4.78, 5) is 0. The molecule has 0 aliphatic heterocycles. The van der Waals surface area contributed by atoms with Crippen molar-refractivity contribution in [1.82, 2.24) is 0 Å². The smallest absolute Gasteiger partial charge is 0.139 e. The van der Waals surface area contributed by atoms with E-state index >= 15 is 0 Å². The molecule has 4 nitrogen and oxygen atoms in total. The maximum Gasteiger partial charge on any atom is 0.554 e. The Morgan fingerprint density at radius 1 is 0.833 bits per heavy atom. The first kappa shape index (κ1) is 15.4. The minimum absolute atomic E-state index is 0.148. The second-order valence-electron chi connectivity index (χ2n) is 4.31. The van der Waals surface area contributed by atoms with Gasteiger partial charge in [-0.05, 0) is 49.0 Å². The molecule has 0 spiro atoms. The van der Waals surface area contributed by atoms with Crippen LogP contribution in [0.1, 0.15) is 27.7 Å². The molecule has 0 saturated heterocycles. The van der Waals surface area contributed by atoms with Gasteiger partial charge in [-0.25, -0.2) is 0 Å². The van der Waals surface area contributed by atoms with E-state index in [1.54, 1.807) is 52.0 Å². The van der Waals surface area contributed by atoms with Crippen LogP contribution >= 0.6 is 16.1 Å². The molecule has 2 atom stereocenters. The molecule has 1 aromatic carbocycles. The molecule has 0 heterocycles. The van der Waals surface area contributed by atoms with Gasteiger partial charge >= 0.3 is 16.1 Å². The van der Waals surface area contributed by atoms with Crippen LogP contribution in [0, 0.1) is 0 Å². The van der Waals surface area contributed by atoms with Crippen LogP contribution in [0.4, 0.5) is 0 Å². The summed E-state index contributed by atoms with van der Waals surface area (Å²) >= 11 is 0. The van der Waals surface area contributed by atoms with Crippen molar-refractivity contribution in [2.45, 2.75) is 39.9 Å². The lowest BCUT2D eigenvalue weighted by molar-refractivity contribution is 0.258. The molecule has 6 heteroatoms. The van der Waals surface area contributed by atoms with Crippen molar-refractivity contribution < 1.29 is 18.2 Å². The van der Waals surface area contributed by atoms with Gasteiger partial charge in [0.25, 0.3) is 10.6 Å². The topological polar surface area (TPSA) is 52.6 Å². The Morgan fingerprint density at radius 3 is 1.44 bits per heavy atom. The third-order valence-corrected chi connectivity index (χ3v) is 4.86. The van der Waals surface area contributed by atoms with Gasteiger partial charge in [-0.1, -0.05) is 12.1 Å². The standard InChI is InChI=1S/C12H18O4P2/c1-9(2)15-17(13)11-7-5-6-8-12(11)18(14)16-10(3)4/h5-10H,1-4H3/q+2. The van der Waals surface area contributed by atoms with Gasteiger partial charge in [0.05, 0.1) is 0 Å². The molecule has 1 rings (SSSR count). The third-order valence-electron chi connectivity index (χ3n) is 1.89. The van der Waals surface area contributed by atoms with Crippen molar-refractivity contribution >= 4 is 26.7 Å². The Labute approximate surface area is 109 Å². The van der Waals surface area contributed by atoms with E-state index in [0.29, 0.717) is 10.6 Å². The van der Waals surface area contributed by atoms with E-state index in [0.717, 1.165) is 0 Å². The summed E-state index contributed by atoms with van der Waals surface area (Å²) in [5.41, 5.74) is 0. The number of rotatable bonds is 6. The summed E-state index contributed by atoms with van der Waals surface area (Å²) in [5.74, 6) is 0. The van der Waals surface area contributed by atoms with Crippen LogP contribution in [0.2, 0.25) is 0 Å². The largest absolute Gasteiger partial charge is 0.554 e. The quantitative estimate of drug-likeness (QED) is 0.754. The lowest BCUT2D eigenvalue weighted by Gasteiger charge is -1.96. The Morgan fingerprint density at radius 2 is 1.17 bits per heavy atom. The summed E-state index contributed by atoms with van der Waals surface area (Å²) in [6, 6.07) is 6.81. The Hall–Kier alpha value is -0.660. The van der Waals surface area contributed by atoms with Gasteiger partial charge < -0.3 is 0 Å². The van der Waals surface area contributed by atoms with Gasteiger partial charge in [-0.3, -0.25) is 0 Å². The number of benzene rings is 1. The molecule has 98 valence electrons. The van der Waals surface area contributed by atoms with Crippen LogP contribution in [0.15, 0.2) is 24.3 Å². The van der Waals surface area contributed by atoms with E-state index in [-0.39, 0.29) is 12.2 Å². The highest BCUT2D eigenvalue weighted by molar-refractivity contribution is 7.55. The van der Waals surface area contributed by atoms with Crippen LogP contribution in [0.5, 0.6) is 0 Å². The van der Waals surface area contributed by atoms with Crippen LogP contribution in [-0.2, 0) is 18.2 Å². The van der Waals surface area contributed by atoms with E-state index in [1.165, 1.54) is 0 Å². The molecule has 0 saturated carbocycles. The fourth-order valence-corrected chi connectivity index (χ4v) is 3.69. The zero-order valence-corrected chi connectivity index (χ0v) is 12.8. The molecule has 0 bridgehead atoms.